The molecule has 0 spiro atoms. The molecule has 1 saturated heterocycles. The van der Waals surface area contributed by atoms with E-state index in [0.29, 0.717) is 6.10 Å². The van der Waals surface area contributed by atoms with Gasteiger partial charge in [-0.3, -0.25) is 4.98 Å². The highest BCUT2D eigenvalue weighted by Gasteiger charge is 2.41. The van der Waals surface area contributed by atoms with E-state index in [-0.39, 0.29) is 5.75 Å². The van der Waals surface area contributed by atoms with Crippen molar-refractivity contribution in [2.24, 2.45) is 11.8 Å². The van der Waals surface area contributed by atoms with Crippen molar-refractivity contribution >= 4 is 0 Å². The number of methoxy groups -OCH3 is 1. The third-order valence-corrected chi connectivity index (χ3v) is 5.64. The summed E-state index contributed by atoms with van der Waals surface area (Å²) in [6, 6.07) is 11.5. The highest BCUT2D eigenvalue weighted by Crippen LogP contribution is 2.39. The van der Waals surface area contributed by atoms with Gasteiger partial charge in [-0.25, -0.2) is 0 Å². The molecule has 1 aromatic heterocycles. The van der Waals surface area contributed by atoms with Gasteiger partial charge in [0.25, 0.3) is 0 Å². The first-order chi connectivity index (χ1) is 12.7. The number of aromatic hydroxyl groups is 1. The summed E-state index contributed by atoms with van der Waals surface area (Å²) >= 11 is 0. The molecular formula is C21H26N2O3. The molecule has 2 heterocycles. The molecule has 2 aromatic rings. The van der Waals surface area contributed by atoms with Gasteiger partial charge in [-0.2, -0.15) is 0 Å². The molecule has 0 radical (unpaired) electrons. The summed E-state index contributed by atoms with van der Waals surface area (Å²) in [5, 5.41) is 9.31. The van der Waals surface area contributed by atoms with Crippen molar-refractivity contribution in [1.82, 2.24) is 9.88 Å². The highest BCUT2D eigenvalue weighted by molar-refractivity contribution is 5.31. The van der Waals surface area contributed by atoms with Crippen molar-refractivity contribution in [2.45, 2.75) is 25.4 Å². The van der Waals surface area contributed by atoms with Gasteiger partial charge in [-0.05, 0) is 61.1 Å². The average molecular weight is 354 g/mol. The van der Waals surface area contributed by atoms with Crippen LogP contribution < -0.4 is 9.47 Å². The number of rotatable bonds is 6. The lowest BCUT2D eigenvalue weighted by molar-refractivity contribution is 0.186. The van der Waals surface area contributed by atoms with Crippen LogP contribution in [0.5, 0.6) is 17.2 Å². The van der Waals surface area contributed by atoms with Gasteiger partial charge in [0, 0.05) is 31.7 Å². The number of hydrogen-bond acceptors (Lipinski definition) is 5. The van der Waals surface area contributed by atoms with E-state index in [4.69, 9.17) is 9.47 Å². The van der Waals surface area contributed by atoms with E-state index in [9.17, 15) is 5.11 Å². The lowest BCUT2D eigenvalue weighted by Gasteiger charge is -2.19. The van der Waals surface area contributed by atoms with Gasteiger partial charge in [-0.1, -0.05) is 0 Å². The fraction of sp³-hybridized carbons (Fsp3) is 0.476. The largest absolute Gasteiger partial charge is 0.506 e. The van der Waals surface area contributed by atoms with E-state index in [1.807, 2.05) is 30.3 Å². The van der Waals surface area contributed by atoms with Gasteiger partial charge in [0.15, 0.2) is 0 Å². The number of ether oxygens (including phenoxy) is 2. The maximum absolute atomic E-state index is 9.31. The van der Waals surface area contributed by atoms with E-state index >= 15 is 0 Å². The summed E-state index contributed by atoms with van der Waals surface area (Å²) in [7, 11) is 1.68. The van der Waals surface area contributed by atoms with Gasteiger partial charge in [0.1, 0.15) is 17.2 Å². The van der Waals surface area contributed by atoms with Gasteiger partial charge in [0.2, 0.25) is 0 Å². The van der Waals surface area contributed by atoms with Crippen LogP contribution in [-0.4, -0.2) is 47.8 Å². The summed E-state index contributed by atoms with van der Waals surface area (Å²) in [4.78, 5) is 6.83. The molecule has 3 atom stereocenters. The smallest absolute Gasteiger partial charge is 0.133 e. The average Bonchev–Trinajstić information content (AvgIpc) is 3.20. The molecule has 1 saturated carbocycles. The Kier molecular flexibility index (Phi) is 4.98. The second-order valence-electron chi connectivity index (χ2n) is 7.42. The highest BCUT2D eigenvalue weighted by atomic mass is 16.5. The van der Waals surface area contributed by atoms with Gasteiger partial charge in [-0.15, -0.1) is 0 Å². The molecule has 1 aliphatic heterocycles. The molecule has 0 unspecified atom stereocenters. The monoisotopic (exact) mass is 354 g/mol. The van der Waals surface area contributed by atoms with E-state index in [1.54, 1.807) is 13.2 Å². The first-order valence-corrected chi connectivity index (χ1v) is 9.36. The quantitative estimate of drug-likeness (QED) is 0.864. The van der Waals surface area contributed by atoms with Gasteiger partial charge >= 0.3 is 0 Å². The molecule has 26 heavy (non-hydrogen) atoms. The Morgan fingerprint density at radius 1 is 1.04 bits per heavy atom. The number of aromatic nitrogens is 1. The van der Waals surface area contributed by atoms with Crippen molar-refractivity contribution in [1.29, 1.82) is 0 Å². The number of hydrogen-bond donors (Lipinski definition) is 1. The van der Waals surface area contributed by atoms with Crippen LogP contribution >= 0.6 is 0 Å². The second kappa shape index (κ2) is 7.54. The van der Waals surface area contributed by atoms with Gasteiger partial charge in [0.05, 0.1) is 19.4 Å². The van der Waals surface area contributed by atoms with Crippen molar-refractivity contribution in [3.05, 3.63) is 48.3 Å². The third kappa shape index (κ3) is 3.93. The zero-order valence-corrected chi connectivity index (χ0v) is 15.2. The second-order valence-corrected chi connectivity index (χ2v) is 7.42. The van der Waals surface area contributed by atoms with E-state index in [2.05, 4.69) is 9.88 Å². The summed E-state index contributed by atoms with van der Waals surface area (Å²) in [5.41, 5.74) is 1.04. The minimum atomic E-state index is 0.229. The predicted octanol–water partition coefficient (Wildman–Crippen LogP) is 3.13. The molecule has 1 N–H and O–H groups in total. The van der Waals surface area contributed by atoms with Crippen LogP contribution in [0.4, 0.5) is 0 Å². The standard InChI is InChI=1S/C21H26N2O3/c1-25-19-4-6-20(7-5-19)26-21-10-15-13-23(14-16(15)11-21)9-8-17-2-3-18(24)12-22-17/h2-7,12,15-16,21,24H,8-11,13-14H2,1H3/t15-,16+,21-. The number of fused-ring (bicyclic) bond motifs is 1. The minimum Gasteiger partial charge on any atom is -0.506 e. The molecule has 2 aliphatic rings. The molecular weight excluding hydrogens is 328 g/mol. The number of benzene rings is 1. The lowest BCUT2D eigenvalue weighted by atomic mass is 10.0. The lowest BCUT2D eigenvalue weighted by Crippen LogP contribution is -2.26. The molecule has 1 aromatic carbocycles. The molecule has 5 nitrogen and oxygen atoms in total. The number of nitrogens with zero attached hydrogens (tertiary/aromatic N) is 2. The summed E-state index contributed by atoms with van der Waals surface area (Å²) in [5.74, 6) is 3.51. The van der Waals surface area contributed by atoms with Crippen LogP contribution in [0.15, 0.2) is 42.6 Å². The zero-order chi connectivity index (χ0) is 17.9. The van der Waals surface area contributed by atoms with Crippen molar-refractivity contribution in [2.75, 3.05) is 26.7 Å². The Labute approximate surface area is 154 Å². The van der Waals surface area contributed by atoms with Gasteiger partial charge < -0.3 is 19.5 Å². The Hall–Kier alpha value is -2.27. The van der Waals surface area contributed by atoms with E-state index in [0.717, 1.165) is 67.9 Å². The Balaban J connectivity index is 1.24. The van der Waals surface area contributed by atoms with Crippen molar-refractivity contribution < 1.29 is 14.6 Å². The molecule has 0 amide bonds. The van der Waals surface area contributed by atoms with Crippen LogP contribution in [0.3, 0.4) is 0 Å². The fourth-order valence-electron chi connectivity index (χ4n) is 4.30. The summed E-state index contributed by atoms with van der Waals surface area (Å²) in [6.45, 7) is 3.35. The number of pyridine rings is 1. The van der Waals surface area contributed by atoms with E-state index < -0.39 is 0 Å². The zero-order valence-electron chi connectivity index (χ0n) is 15.2. The van der Waals surface area contributed by atoms with Crippen LogP contribution in [0.1, 0.15) is 18.5 Å². The topological polar surface area (TPSA) is 54.8 Å². The summed E-state index contributed by atoms with van der Waals surface area (Å²) in [6.07, 6.45) is 5.08. The van der Waals surface area contributed by atoms with E-state index in [1.165, 1.54) is 6.20 Å². The molecule has 4 rings (SSSR count). The Morgan fingerprint density at radius 3 is 2.35 bits per heavy atom. The molecule has 138 valence electrons. The SMILES string of the molecule is COc1ccc(O[C@@H]2C[C@@H]3CN(CCc4ccc(O)cn4)C[C@@H]3C2)cc1. The molecule has 1 aliphatic carbocycles. The molecule has 5 heteroatoms. The fourth-order valence-corrected chi connectivity index (χ4v) is 4.30. The maximum atomic E-state index is 9.31. The third-order valence-electron chi connectivity index (χ3n) is 5.64. The van der Waals surface area contributed by atoms with Crippen LogP contribution in [0, 0.1) is 11.8 Å². The van der Waals surface area contributed by atoms with Crippen LogP contribution in [-0.2, 0) is 6.42 Å². The number of likely N-dealkylation sites (tertiary alicyclic amines) is 1. The first-order valence-electron chi connectivity index (χ1n) is 9.36. The maximum Gasteiger partial charge on any atom is 0.133 e. The minimum absolute atomic E-state index is 0.229. The molecule has 0 bridgehead atoms. The summed E-state index contributed by atoms with van der Waals surface area (Å²) < 4.78 is 11.4. The predicted molar refractivity (Wildman–Crippen MR) is 99.7 cm³/mol. The van der Waals surface area contributed by atoms with Crippen molar-refractivity contribution in [3.63, 3.8) is 0 Å². The Morgan fingerprint density at radius 2 is 1.73 bits per heavy atom. The van der Waals surface area contributed by atoms with Crippen LogP contribution in [0.2, 0.25) is 0 Å². The molecule has 2 fully saturated rings. The van der Waals surface area contributed by atoms with Crippen molar-refractivity contribution in [3.8, 4) is 17.2 Å². The van der Waals surface area contributed by atoms with Crippen LogP contribution in [0.25, 0.3) is 0 Å². The normalized spacial score (nSPS) is 25.2. The Bertz CT molecular complexity index is 703. The first kappa shape index (κ1) is 17.2.